The highest BCUT2D eigenvalue weighted by Crippen LogP contribution is 2.19. The van der Waals surface area contributed by atoms with Crippen LogP contribution >= 0.6 is 11.6 Å². The van der Waals surface area contributed by atoms with Crippen molar-refractivity contribution in [3.63, 3.8) is 0 Å². The van der Waals surface area contributed by atoms with Crippen molar-refractivity contribution in [3.8, 4) is 0 Å². The summed E-state index contributed by atoms with van der Waals surface area (Å²) < 4.78 is 1.80. The van der Waals surface area contributed by atoms with Crippen LogP contribution in [0.15, 0.2) is 54.7 Å². The Balaban J connectivity index is 1.27. The number of amides is 1. The van der Waals surface area contributed by atoms with Gasteiger partial charge in [-0.05, 0) is 55.5 Å². The zero-order valence-corrected chi connectivity index (χ0v) is 18.3. The van der Waals surface area contributed by atoms with E-state index in [1.165, 1.54) is 18.4 Å². The van der Waals surface area contributed by atoms with Crippen molar-refractivity contribution in [3.05, 3.63) is 65.3 Å². The van der Waals surface area contributed by atoms with Crippen LogP contribution in [0, 0.1) is 5.92 Å². The number of carbonyl (C=O) groups is 1. The van der Waals surface area contributed by atoms with E-state index in [4.69, 9.17) is 11.6 Å². The smallest absolute Gasteiger partial charge is 0.244 e. The lowest BCUT2D eigenvalue weighted by Crippen LogP contribution is -2.43. The number of likely N-dealkylation sites (N-methyl/N-ethyl adjacent to an activating group) is 1. The first kappa shape index (κ1) is 20.9. The monoisotopic (exact) mass is 424 g/mol. The number of para-hydroxylation sites is 1. The molecule has 1 fully saturated rings. The number of nitrogens with zero attached hydrogens (tertiary/aromatic N) is 4. The van der Waals surface area contributed by atoms with E-state index >= 15 is 0 Å². The summed E-state index contributed by atoms with van der Waals surface area (Å²) in [4.78, 5) is 17.2. The topological polar surface area (TPSA) is 41.4 Å². The summed E-state index contributed by atoms with van der Waals surface area (Å²) >= 11 is 5.98. The molecule has 0 radical (unpaired) electrons. The van der Waals surface area contributed by atoms with Crippen molar-refractivity contribution in [2.45, 2.75) is 25.8 Å². The van der Waals surface area contributed by atoms with Gasteiger partial charge in [-0.25, -0.2) is 0 Å². The lowest BCUT2D eigenvalue weighted by atomic mass is 9.97. The van der Waals surface area contributed by atoms with Gasteiger partial charge in [0.2, 0.25) is 5.91 Å². The van der Waals surface area contributed by atoms with Crippen molar-refractivity contribution >= 4 is 28.4 Å². The van der Waals surface area contributed by atoms with Gasteiger partial charge >= 0.3 is 0 Å². The molecule has 0 aliphatic carbocycles. The molecule has 0 unspecified atom stereocenters. The van der Waals surface area contributed by atoms with Crippen LogP contribution in [-0.2, 0) is 17.8 Å². The maximum absolute atomic E-state index is 12.8. The first-order chi connectivity index (χ1) is 14.6. The zero-order valence-electron chi connectivity index (χ0n) is 17.5. The number of likely N-dealkylation sites (tertiary alicyclic amines) is 1. The van der Waals surface area contributed by atoms with E-state index in [2.05, 4.69) is 22.1 Å². The molecular weight excluding hydrogens is 396 g/mol. The quantitative estimate of drug-likeness (QED) is 0.573. The Morgan fingerprint density at radius 3 is 2.83 bits per heavy atom. The van der Waals surface area contributed by atoms with Gasteiger partial charge in [-0.1, -0.05) is 41.9 Å². The molecule has 2 heterocycles. The molecule has 3 aromatic rings. The Hall–Kier alpha value is -2.37. The first-order valence-electron chi connectivity index (χ1n) is 10.7. The fourth-order valence-electron chi connectivity index (χ4n) is 4.33. The number of piperidine rings is 1. The molecule has 1 aromatic heterocycles. The average molecular weight is 425 g/mol. The number of benzene rings is 2. The van der Waals surface area contributed by atoms with E-state index in [-0.39, 0.29) is 12.5 Å². The molecule has 2 aromatic carbocycles. The molecule has 158 valence electrons. The predicted molar refractivity (Wildman–Crippen MR) is 122 cm³/mol. The second-order valence-corrected chi connectivity index (χ2v) is 8.76. The van der Waals surface area contributed by atoms with Gasteiger partial charge < -0.3 is 9.80 Å². The standard InChI is InChI=1S/C24H29ClN4O/c1-27(24(30)18-29-23-7-3-2-6-21(23)15-26-29)16-20-5-4-13-28(17-20)14-12-19-8-10-22(25)11-9-19/h2-3,6-11,15,20H,4-5,12-14,16-18H2,1H3/t20-/m1/s1. The predicted octanol–water partition coefficient (Wildman–Crippen LogP) is 4.10. The molecule has 5 nitrogen and oxygen atoms in total. The van der Waals surface area contributed by atoms with Gasteiger partial charge in [0, 0.05) is 37.1 Å². The molecule has 6 heteroatoms. The first-order valence-corrected chi connectivity index (χ1v) is 11.1. The highest BCUT2D eigenvalue weighted by Gasteiger charge is 2.23. The molecule has 1 amide bonds. The normalized spacial score (nSPS) is 17.3. The van der Waals surface area contributed by atoms with Crippen LogP contribution in [0.4, 0.5) is 0 Å². The SMILES string of the molecule is CN(C[C@H]1CCCN(CCc2ccc(Cl)cc2)C1)C(=O)Cn1ncc2ccccc21. The summed E-state index contributed by atoms with van der Waals surface area (Å²) in [6, 6.07) is 16.1. The second kappa shape index (κ2) is 9.63. The summed E-state index contributed by atoms with van der Waals surface area (Å²) in [5.74, 6) is 0.634. The Bertz CT molecular complexity index is 984. The van der Waals surface area contributed by atoms with Gasteiger partial charge in [0.1, 0.15) is 6.54 Å². The number of halogens is 1. The second-order valence-electron chi connectivity index (χ2n) is 8.32. The van der Waals surface area contributed by atoms with Gasteiger partial charge in [-0.15, -0.1) is 0 Å². The third-order valence-electron chi connectivity index (χ3n) is 6.03. The largest absolute Gasteiger partial charge is 0.344 e. The molecule has 0 saturated carbocycles. The minimum Gasteiger partial charge on any atom is -0.344 e. The summed E-state index contributed by atoms with van der Waals surface area (Å²) in [6.45, 7) is 4.33. The maximum atomic E-state index is 12.8. The van der Waals surface area contributed by atoms with Crippen molar-refractivity contribution < 1.29 is 4.79 Å². The Morgan fingerprint density at radius 2 is 2.00 bits per heavy atom. The summed E-state index contributed by atoms with van der Waals surface area (Å²) in [5.41, 5.74) is 2.32. The minimum absolute atomic E-state index is 0.113. The molecular formula is C24H29ClN4O. The van der Waals surface area contributed by atoms with Crippen LogP contribution in [0.5, 0.6) is 0 Å². The third kappa shape index (κ3) is 5.21. The van der Waals surface area contributed by atoms with Gasteiger partial charge in [0.25, 0.3) is 0 Å². The molecule has 1 aliphatic heterocycles. The number of rotatable bonds is 7. The molecule has 4 rings (SSSR count). The van der Waals surface area contributed by atoms with E-state index in [9.17, 15) is 4.79 Å². The van der Waals surface area contributed by atoms with Gasteiger partial charge in [0.05, 0.1) is 11.7 Å². The van der Waals surface area contributed by atoms with Crippen LogP contribution < -0.4 is 0 Å². The van der Waals surface area contributed by atoms with Crippen LogP contribution in [-0.4, -0.2) is 58.7 Å². The van der Waals surface area contributed by atoms with Gasteiger partial charge in [0.15, 0.2) is 0 Å². The molecule has 1 saturated heterocycles. The number of carbonyl (C=O) groups excluding carboxylic acids is 1. The zero-order chi connectivity index (χ0) is 20.9. The van der Waals surface area contributed by atoms with Crippen molar-refractivity contribution in [1.82, 2.24) is 19.6 Å². The molecule has 0 spiro atoms. The minimum atomic E-state index is 0.113. The fourth-order valence-corrected chi connectivity index (χ4v) is 4.46. The Morgan fingerprint density at radius 1 is 1.20 bits per heavy atom. The third-order valence-corrected chi connectivity index (χ3v) is 6.28. The van der Waals surface area contributed by atoms with Gasteiger partial charge in [-0.3, -0.25) is 9.48 Å². The van der Waals surface area contributed by atoms with Gasteiger partial charge in [-0.2, -0.15) is 5.10 Å². The highest BCUT2D eigenvalue weighted by molar-refractivity contribution is 6.30. The summed E-state index contributed by atoms with van der Waals surface area (Å²) in [6.07, 6.45) is 5.23. The van der Waals surface area contributed by atoms with E-state index < -0.39 is 0 Å². The van der Waals surface area contributed by atoms with Crippen LogP contribution in [0.3, 0.4) is 0 Å². The van der Waals surface area contributed by atoms with E-state index in [1.54, 1.807) is 4.68 Å². The Kier molecular flexibility index (Phi) is 6.70. The van der Waals surface area contributed by atoms with Crippen molar-refractivity contribution in [2.24, 2.45) is 5.92 Å². The molecule has 1 atom stereocenters. The number of aromatic nitrogens is 2. The van der Waals surface area contributed by atoms with Crippen LogP contribution in [0.2, 0.25) is 5.02 Å². The number of hydrogen-bond donors (Lipinski definition) is 0. The van der Waals surface area contributed by atoms with E-state index in [0.717, 1.165) is 48.5 Å². The fraction of sp³-hybridized carbons (Fsp3) is 0.417. The van der Waals surface area contributed by atoms with Crippen LogP contribution in [0.1, 0.15) is 18.4 Å². The lowest BCUT2D eigenvalue weighted by Gasteiger charge is -2.34. The number of hydrogen-bond acceptors (Lipinski definition) is 3. The Labute approximate surface area is 183 Å². The average Bonchev–Trinajstić information content (AvgIpc) is 3.16. The van der Waals surface area contributed by atoms with Crippen LogP contribution in [0.25, 0.3) is 10.9 Å². The maximum Gasteiger partial charge on any atom is 0.244 e. The highest BCUT2D eigenvalue weighted by atomic mass is 35.5. The molecule has 0 bridgehead atoms. The lowest BCUT2D eigenvalue weighted by molar-refractivity contribution is -0.131. The summed E-state index contributed by atoms with van der Waals surface area (Å²) in [5, 5.41) is 6.24. The van der Waals surface area contributed by atoms with E-state index in [0.29, 0.717) is 5.92 Å². The van der Waals surface area contributed by atoms with E-state index in [1.807, 2.05) is 54.5 Å². The van der Waals surface area contributed by atoms with Crippen molar-refractivity contribution in [2.75, 3.05) is 33.2 Å². The molecule has 30 heavy (non-hydrogen) atoms. The molecule has 1 aliphatic rings. The summed E-state index contributed by atoms with van der Waals surface area (Å²) in [7, 11) is 1.92. The van der Waals surface area contributed by atoms with Crippen molar-refractivity contribution in [1.29, 1.82) is 0 Å². The number of fused-ring (bicyclic) bond motifs is 1. The molecule has 0 N–H and O–H groups in total.